The number of thiazole rings is 1. The van der Waals surface area contributed by atoms with Crippen LogP contribution in [0.15, 0.2) is 39.9 Å². The molecule has 1 unspecified atom stereocenters. The van der Waals surface area contributed by atoms with Crippen LogP contribution in [-0.2, 0) is 4.79 Å². The minimum absolute atomic E-state index is 0.0631. The molecule has 0 bridgehead atoms. The molecule has 1 atom stereocenters. The molecule has 0 aromatic carbocycles. The van der Waals surface area contributed by atoms with Crippen molar-refractivity contribution >= 4 is 43.9 Å². The monoisotopic (exact) mass is 478 g/mol. The molecule has 0 saturated carbocycles. The van der Waals surface area contributed by atoms with Gasteiger partial charge in [-0.15, -0.1) is 11.3 Å². The highest BCUT2D eigenvalue weighted by atomic mass is 79.9. The van der Waals surface area contributed by atoms with Crippen molar-refractivity contribution in [2.45, 2.75) is 26.8 Å². The molecule has 2 aliphatic heterocycles. The van der Waals surface area contributed by atoms with E-state index in [0.29, 0.717) is 23.5 Å². The Morgan fingerprint density at radius 3 is 2.86 bits per heavy atom. The molecule has 2 aromatic rings. The van der Waals surface area contributed by atoms with Crippen molar-refractivity contribution in [2.75, 3.05) is 19.6 Å². The van der Waals surface area contributed by atoms with Crippen molar-refractivity contribution in [2.24, 2.45) is 5.41 Å². The van der Waals surface area contributed by atoms with Crippen LogP contribution in [0, 0.1) is 5.41 Å². The molecule has 2 amide bonds. The first-order valence-electron chi connectivity index (χ1n) is 9.34. The summed E-state index contributed by atoms with van der Waals surface area (Å²) in [5, 5.41) is 13.2. The van der Waals surface area contributed by atoms with Crippen LogP contribution in [0.2, 0.25) is 0 Å². The number of carbonyl (C=O) groups excluding carboxylic acids is 2. The van der Waals surface area contributed by atoms with Gasteiger partial charge >= 0.3 is 0 Å². The molecule has 2 aromatic heterocycles. The lowest BCUT2D eigenvalue weighted by atomic mass is 9.84. The molecular weight excluding hydrogens is 456 g/mol. The van der Waals surface area contributed by atoms with Crippen molar-refractivity contribution in [3.8, 4) is 0 Å². The predicted octanol–water partition coefficient (Wildman–Crippen LogP) is 2.06. The number of dihydropyridines is 1. The summed E-state index contributed by atoms with van der Waals surface area (Å²) in [5.74, 6) is -0.295. The maximum atomic E-state index is 12.8. The second kappa shape index (κ2) is 7.58. The van der Waals surface area contributed by atoms with E-state index in [4.69, 9.17) is 0 Å². The summed E-state index contributed by atoms with van der Waals surface area (Å²) in [5.41, 5.74) is 2.11. The Kier molecular flexibility index (Phi) is 5.26. The Balaban J connectivity index is 1.40. The Bertz CT molecular complexity index is 1030. The second-order valence-corrected chi connectivity index (χ2v) is 10.7. The lowest BCUT2D eigenvalue weighted by Crippen LogP contribution is -2.55. The smallest absolute Gasteiger partial charge is 0.260 e. The van der Waals surface area contributed by atoms with Crippen LogP contribution < -0.4 is 16.0 Å². The summed E-state index contributed by atoms with van der Waals surface area (Å²) in [4.78, 5) is 28.0. The molecule has 8 nitrogen and oxygen atoms in total. The van der Waals surface area contributed by atoms with Gasteiger partial charge in [0.25, 0.3) is 5.91 Å². The third-order valence-electron chi connectivity index (χ3n) is 4.89. The zero-order valence-electron chi connectivity index (χ0n) is 16.5. The Morgan fingerprint density at radius 2 is 2.14 bits per heavy atom. The summed E-state index contributed by atoms with van der Waals surface area (Å²) < 4.78 is 2.57. The van der Waals surface area contributed by atoms with Crippen LogP contribution in [0.1, 0.15) is 31.1 Å². The number of hydrogen-bond donors (Lipinski definition) is 3. The van der Waals surface area contributed by atoms with E-state index in [1.54, 1.807) is 23.0 Å². The number of amides is 2. The van der Waals surface area contributed by atoms with E-state index in [-0.39, 0.29) is 23.3 Å². The summed E-state index contributed by atoms with van der Waals surface area (Å²) in [7, 11) is 0. The highest BCUT2D eigenvalue weighted by Crippen LogP contribution is 2.28. The largest absolute Gasteiger partial charge is 0.381 e. The van der Waals surface area contributed by atoms with E-state index in [2.05, 4.69) is 55.7 Å². The highest BCUT2D eigenvalue weighted by Gasteiger charge is 2.34. The SMILES string of the molecule is CC1NC=C(NC(=O)CN2CC(C)(C)C2)C=C1NC(=O)c1cnn2cc(Br)sc12. The van der Waals surface area contributed by atoms with Crippen molar-refractivity contribution in [3.05, 3.63) is 45.4 Å². The van der Waals surface area contributed by atoms with Gasteiger partial charge < -0.3 is 16.0 Å². The number of rotatable bonds is 5. The van der Waals surface area contributed by atoms with Gasteiger partial charge in [0.1, 0.15) is 4.83 Å². The molecule has 2 aliphatic rings. The quantitative estimate of drug-likeness (QED) is 0.611. The van der Waals surface area contributed by atoms with Crippen molar-refractivity contribution in [1.82, 2.24) is 30.5 Å². The van der Waals surface area contributed by atoms with E-state index in [9.17, 15) is 9.59 Å². The van der Waals surface area contributed by atoms with Gasteiger partial charge in [-0.2, -0.15) is 5.10 Å². The number of halogens is 1. The number of likely N-dealkylation sites (tertiary alicyclic amines) is 1. The van der Waals surface area contributed by atoms with E-state index in [1.165, 1.54) is 11.3 Å². The number of nitrogens with zero attached hydrogens (tertiary/aromatic N) is 3. The molecule has 0 aliphatic carbocycles. The second-order valence-electron chi connectivity index (χ2n) is 8.24. The summed E-state index contributed by atoms with van der Waals surface area (Å²) in [6, 6.07) is -0.0862. The lowest BCUT2D eigenvalue weighted by Gasteiger charge is -2.45. The topological polar surface area (TPSA) is 90.8 Å². The number of fused-ring (bicyclic) bond motifs is 1. The van der Waals surface area contributed by atoms with Crippen molar-refractivity contribution in [3.63, 3.8) is 0 Å². The summed E-state index contributed by atoms with van der Waals surface area (Å²) in [6.45, 7) is 8.54. The van der Waals surface area contributed by atoms with E-state index >= 15 is 0 Å². The fourth-order valence-corrected chi connectivity index (χ4v) is 5.09. The van der Waals surface area contributed by atoms with Crippen LogP contribution in [0.5, 0.6) is 0 Å². The number of allylic oxidation sites excluding steroid dienone is 1. The Hall–Kier alpha value is -2.17. The molecule has 4 rings (SSSR count). The molecule has 3 N–H and O–H groups in total. The fourth-order valence-electron chi connectivity index (χ4n) is 3.65. The number of nitrogens with one attached hydrogen (secondary N) is 3. The molecule has 1 fully saturated rings. The van der Waals surface area contributed by atoms with Crippen LogP contribution >= 0.6 is 27.3 Å². The fraction of sp³-hybridized carbons (Fsp3) is 0.421. The predicted molar refractivity (Wildman–Crippen MR) is 115 cm³/mol. The molecule has 1 saturated heterocycles. The molecule has 4 heterocycles. The first kappa shape index (κ1) is 20.1. The van der Waals surface area contributed by atoms with E-state index < -0.39 is 0 Å². The normalized spacial score (nSPS) is 21.0. The number of aromatic nitrogens is 2. The van der Waals surface area contributed by atoms with Gasteiger partial charge in [-0.3, -0.25) is 14.5 Å². The third kappa shape index (κ3) is 4.39. The van der Waals surface area contributed by atoms with Crippen LogP contribution in [0.4, 0.5) is 0 Å². The minimum atomic E-state index is -0.232. The average Bonchev–Trinajstić information content (AvgIpc) is 3.15. The van der Waals surface area contributed by atoms with Crippen molar-refractivity contribution < 1.29 is 9.59 Å². The average molecular weight is 479 g/mol. The minimum Gasteiger partial charge on any atom is -0.381 e. The van der Waals surface area contributed by atoms with Gasteiger partial charge in [0, 0.05) is 25.0 Å². The zero-order chi connectivity index (χ0) is 20.8. The molecule has 0 radical (unpaired) electrons. The summed E-state index contributed by atoms with van der Waals surface area (Å²) in [6.07, 6.45) is 6.92. The summed E-state index contributed by atoms with van der Waals surface area (Å²) >= 11 is 4.86. The Labute approximate surface area is 181 Å². The van der Waals surface area contributed by atoms with Crippen LogP contribution in [-0.4, -0.2) is 52.0 Å². The Morgan fingerprint density at radius 1 is 1.38 bits per heavy atom. The molecule has 0 spiro atoms. The molecule has 29 heavy (non-hydrogen) atoms. The first-order chi connectivity index (χ1) is 13.7. The third-order valence-corrected chi connectivity index (χ3v) is 6.48. The molecular formula is C19H23BrN6O2S. The van der Waals surface area contributed by atoms with Gasteiger partial charge in [-0.1, -0.05) is 13.8 Å². The van der Waals surface area contributed by atoms with Crippen LogP contribution in [0.25, 0.3) is 4.83 Å². The number of carbonyl (C=O) groups is 2. The maximum Gasteiger partial charge on any atom is 0.260 e. The number of hydrogen-bond acceptors (Lipinski definition) is 6. The van der Waals surface area contributed by atoms with Crippen LogP contribution in [0.3, 0.4) is 0 Å². The molecule has 10 heteroatoms. The maximum absolute atomic E-state index is 12.8. The van der Waals surface area contributed by atoms with Gasteiger partial charge in [0.15, 0.2) is 0 Å². The van der Waals surface area contributed by atoms with E-state index in [0.717, 1.165) is 21.7 Å². The first-order valence-corrected chi connectivity index (χ1v) is 11.0. The van der Waals surface area contributed by atoms with Gasteiger partial charge in [0.05, 0.1) is 40.0 Å². The standard InChI is InChI=1S/C19H23BrN6O2S/c1-11-14(24-17(28)13-6-22-26-7-15(20)29-18(13)26)4-12(5-21-11)23-16(27)8-25-9-19(2,3)10-25/h4-7,11,21H,8-10H2,1-3H3,(H,23,27)(H,24,28). The van der Waals surface area contributed by atoms with Gasteiger partial charge in [0.2, 0.25) is 5.91 Å². The van der Waals surface area contributed by atoms with Gasteiger partial charge in [-0.25, -0.2) is 4.52 Å². The molecule has 154 valence electrons. The lowest BCUT2D eigenvalue weighted by molar-refractivity contribution is -0.124. The zero-order valence-corrected chi connectivity index (χ0v) is 18.9. The van der Waals surface area contributed by atoms with Gasteiger partial charge in [-0.05, 0) is 34.3 Å². The highest BCUT2D eigenvalue weighted by molar-refractivity contribution is 9.11. The van der Waals surface area contributed by atoms with E-state index in [1.807, 2.05) is 13.1 Å². The van der Waals surface area contributed by atoms with Crippen molar-refractivity contribution in [1.29, 1.82) is 0 Å².